The van der Waals surface area contributed by atoms with Gasteiger partial charge in [-0.05, 0) is 18.3 Å². The van der Waals surface area contributed by atoms with Crippen LogP contribution in [0.2, 0.25) is 0 Å². The Hall–Kier alpha value is -1.37. The summed E-state index contributed by atoms with van der Waals surface area (Å²) in [6.45, 7) is 0. The Labute approximate surface area is 112 Å². The van der Waals surface area contributed by atoms with E-state index in [2.05, 4.69) is 4.98 Å². The van der Waals surface area contributed by atoms with Crippen molar-refractivity contribution >= 4 is 15.8 Å². The Morgan fingerprint density at radius 1 is 1.53 bits per heavy atom. The maximum atomic E-state index is 12.0. The van der Waals surface area contributed by atoms with Crippen LogP contribution in [0.25, 0.3) is 0 Å². The predicted molar refractivity (Wildman–Crippen MR) is 69.5 cm³/mol. The largest absolute Gasteiger partial charge is 0.481 e. The molecule has 1 heterocycles. The standard InChI is InChI=1S/C12H18N2O4S/c1-14-6-5-13-10(14)2-7-19(17,18)9-12(3-4-12)8-11(15)16/h5-6H,2-4,7-9H2,1H3,(H,15,16). The molecule has 7 heteroatoms. The van der Waals surface area contributed by atoms with Crippen molar-refractivity contribution in [3.8, 4) is 0 Å². The highest BCUT2D eigenvalue weighted by atomic mass is 32.2. The molecule has 1 N–H and O–H groups in total. The van der Waals surface area contributed by atoms with Gasteiger partial charge in [0.2, 0.25) is 0 Å². The smallest absolute Gasteiger partial charge is 0.303 e. The minimum absolute atomic E-state index is 0.0171. The first-order valence-electron chi connectivity index (χ1n) is 6.20. The van der Waals surface area contributed by atoms with E-state index in [9.17, 15) is 13.2 Å². The number of hydrogen-bond acceptors (Lipinski definition) is 4. The van der Waals surface area contributed by atoms with Crippen molar-refractivity contribution in [3.05, 3.63) is 18.2 Å². The van der Waals surface area contributed by atoms with Gasteiger partial charge in [-0.2, -0.15) is 0 Å². The molecule has 0 saturated heterocycles. The highest BCUT2D eigenvalue weighted by Crippen LogP contribution is 2.49. The number of aromatic nitrogens is 2. The number of imidazole rings is 1. The number of sulfone groups is 1. The maximum absolute atomic E-state index is 12.0. The van der Waals surface area contributed by atoms with Gasteiger partial charge in [0, 0.05) is 25.9 Å². The molecule has 19 heavy (non-hydrogen) atoms. The average Bonchev–Trinajstić information content (AvgIpc) is 2.86. The summed E-state index contributed by atoms with van der Waals surface area (Å²) in [5, 5.41) is 8.79. The monoisotopic (exact) mass is 286 g/mol. The van der Waals surface area contributed by atoms with Crippen LogP contribution in [0, 0.1) is 5.41 Å². The number of aryl methyl sites for hydroxylation is 2. The lowest BCUT2D eigenvalue weighted by atomic mass is 10.1. The molecule has 106 valence electrons. The van der Waals surface area contributed by atoms with Crippen LogP contribution < -0.4 is 0 Å². The summed E-state index contributed by atoms with van der Waals surface area (Å²) in [4.78, 5) is 14.8. The first kappa shape index (κ1) is 14.0. The summed E-state index contributed by atoms with van der Waals surface area (Å²) in [7, 11) is -1.41. The molecule has 0 aromatic carbocycles. The minimum atomic E-state index is -3.23. The Kier molecular flexibility index (Phi) is 3.66. The number of hydrogen-bond donors (Lipinski definition) is 1. The molecule has 1 aromatic heterocycles. The molecule has 1 aliphatic rings. The number of carboxylic acid groups (broad SMARTS) is 1. The minimum Gasteiger partial charge on any atom is -0.481 e. The molecule has 1 saturated carbocycles. The molecular formula is C12H18N2O4S. The van der Waals surface area contributed by atoms with Gasteiger partial charge in [-0.15, -0.1) is 0 Å². The third kappa shape index (κ3) is 3.79. The van der Waals surface area contributed by atoms with Crippen LogP contribution in [0.15, 0.2) is 12.4 Å². The van der Waals surface area contributed by atoms with Crippen LogP contribution in [0.4, 0.5) is 0 Å². The lowest BCUT2D eigenvalue weighted by Gasteiger charge is -2.12. The number of nitrogens with zero attached hydrogens (tertiary/aromatic N) is 2. The Balaban J connectivity index is 1.92. The van der Waals surface area contributed by atoms with Crippen LogP contribution in [-0.2, 0) is 28.1 Å². The summed E-state index contributed by atoms with van der Waals surface area (Å²) in [6.07, 6.45) is 5.12. The fraction of sp³-hybridized carbons (Fsp3) is 0.667. The molecule has 1 fully saturated rings. The molecule has 0 aliphatic heterocycles. The molecule has 0 unspecified atom stereocenters. The van der Waals surface area contributed by atoms with E-state index in [1.54, 1.807) is 17.0 Å². The van der Waals surface area contributed by atoms with Gasteiger partial charge in [-0.3, -0.25) is 4.79 Å². The first-order valence-corrected chi connectivity index (χ1v) is 8.03. The van der Waals surface area contributed by atoms with Crippen molar-refractivity contribution in [3.63, 3.8) is 0 Å². The van der Waals surface area contributed by atoms with Crippen LogP contribution in [0.3, 0.4) is 0 Å². The Bertz CT molecular complexity index is 572. The van der Waals surface area contributed by atoms with Crippen molar-refractivity contribution in [1.29, 1.82) is 0 Å². The molecule has 0 bridgehead atoms. The van der Waals surface area contributed by atoms with Crippen LogP contribution in [-0.4, -0.2) is 40.6 Å². The number of carboxylic acids is 1. The summed E-state index contributed by atoms with van der Waals surface area (Å²) < 4.78 is 25.9. The van der Waals surface area contributed by atoms with E-state index in [4.69, 9.17) is 5.11 Å². The predicted octanol–water partition coefficient (Wildman–Crippen LogP) is 0.632. The summed E-state index contributed by atoms with van der Waals surface area (Å²) >= 11 is 0. The summed E-state index contributed by atoms with van der Waals surface area (Å²) in [6, 6.07) is 0. The summed E-state index contributed by atoms with van der Waals surface area (Å²) in [5.41, 5.74) is -0.508. The van der Waals surface area contributed by atoms with Crippen molar-refractivity contribution in [2.24, 2.45) is 12.5 Å². The molecule has 6 nitrogen and oxygen atoms in total. The van der Waals surface area contributed by atoms with E-state index in [1.807, 2.05) is 7.05 Å². The highest BCUT2D eigenvalue weighted by molar-refractivity contribution is 7.91. The van der Waals surface area contributed by atoms with Crippen LogP contribution >= 0.6 is 0 Å². The fourth-order valence-electron chi connectivity index (χ4n) is 2.29. The SMILES string of the molecule is Cn1ccnc1CCS(=O)(=O)CC1(CC(=O)O)CC1. The zero-order chi connectivity index (χ0) is 14.1. The summed E-state index contributed by atoms with van der Waals surface area (Å²) in [5.74, 6) is -0.181. The normalized spacial score (nSPS) is 17.3. The average molecular weight is 286 g/mol. The van der Waals surface area contributed by atoms with Gasteiger partial charge in [-0.25, -0.2) is 13.4 Å². The van der Waals surface area contributed by atoms with Gasteiger partial charge >= 0.3 is 5.97 Å². The molecular weight excluding hydrogens is 268 g/mol. The molecule has 0 amide bonds. The highest BCUT2D eigenvalue weighted by Gasteiger charge is 2.47. The van der Waals surface area contributed by atoms with Crippen molar-refractivity contribution in [2.75, 3.05) is 11.5 Å². The van der Waals surface area contributed by atoms with Crippen LogP contribution in [0.1, 0.15) is 25.1 Å². The van der Waals surface area contributed by atoms with Gasteiger partial charge in [-0.1, -0.05) is 0 Å². The van der Waals surface area contributed by atoms with Gasteiger partial charge in [0.25, 0.3) is 0 Å². The lowest BCUT2D eigenvalue weighted by Crippen LogP contribution is -2.23. The van der Waals surface area contributed by atoms with E-state index in [1.165, 1.54) is 0 Å². The van der Waals surface area contributed by atoms with E-state index >= 15 is 0 Å². The van der Waals surface area contributed by atoms with E-state index in [0.29, 0.717) is 19.3 Å². The lowest BCUT2D eigenvalue weighted by molar-refractivity contribution is -0.138. The molecule has 0 spiro atoms. The zero-order valence-electron chi connectivity index (χ0n) is 10.9. The zero-order valence-corrected chi connectivity index (χ0v) is 11.7. The maximum Gasteiger partial charge on any atom is 0.303 e. The number of aliphatic carboxylic acids is 1. The third-order valence-electron chi connectivity index (χ3n) is 3.57. The van der Waals surface area contributed by atoms with Gasteiger partial charge < -0.3 is 9.67 Å². The van der Waals surface area contributed by atoms with Crippen LogP contribution in [0.5, 0.6) is 0 Å². The molecule has 1 aromatic rings. The molecule has 2 rings (SSSR count). The fourth-order valence-corrected chi connectivity index (χ4v) is 4.25. The quantitative estimate of drug-likeness (QED) is 0.794. The third-order valence-corrected chi connectivity index (χ3v) is 5.45. The van der Waals surface area contributed by atoms with Gasteiger partial charge in [0.1, 0.15) is 5.82 Å². The Morgan fingerprint density at radius 2 is 2.21 bits per heavy atom. The topological polar surface area (TPSA) is 89.3 Å². The molecule has 0 radical (unpaired) electrons. The number of carbonyl (C=O) groups is 1. The second-order valence-electron chi connectivity index (χ2n) is 5.37. The molecule has 0 atom stereocenters. The van der Waals surface area contributed by atoms with E-state index in [-0.39, 0.29) is 17.9 Å². The van der Waals surface area contributed by atoms with Gasteiger partial charge in [0.15, 0.2) is 9.84 Å². The second kappa shape index (κ2) is 4.96. The number of rotatable bonds is 7. The van der Waals surface area contributed by atoms with Crippen molar-refractivity contribution < 1.29 is 18.3 Å². The van der Waals surface area contributed by atoms with E-state index < -0.39 is 21.2 Å². The van der Waals surface area contributed by atoms with Crippen molar-refractivity contribution in [1.82, 2.24) is 9.55 Å². The second-order valence-corrected chi connectivity index (χ2v) is 7.55. The van der Waals surface area contributed by atoms with E-state index in [0.717, 1.165) is 5.82 Å². The van der Waals surface area contributed by atoms with Crippen molar-refractivity contribution in [2.45, 2.75) is 25.7 Å². The Morgan fingerprint density at radius 3 is 2.68 bits per heavy atom. The van der Waals surface area contributed by atoms with Gasteiger partial charge in [0.05, 0.1) is 17.9 Å². The molecule has 1 aliphatic carbocycles. The first-order chi connectivity index (χ1) is 8.82.